The van der Waals surface area contributed by atoms with Gasteiger partial charge in [-0.3, -0.25) is 0 Å². The third-order valence-corrected chi connectivity index (χ3v) is 1.15. The van der Waals surface area contributed by atoms with Gasteiger partial charge in [0.1, 0.15) is 5.75 Å². The second kappa shape index (κ2) is 4.40. The summed E-state index contributed by atoms with van der Waals surface area (Å²) in [5, 5.41) is 0. The molecular formula is C6H7BOP. The Bertz CT molecular complexity index is 154. The fourth-order valence-electron chi connectivity index (χ4n) is 0.499. The van der Waals surface area contributed by atoms with Gasteiger partial charge < -0.3 is 4.52 Å². The van der Waals surface area contributed by atoms with E-state index in [9.17, 15) is 0 Å². The molecule has 0 saturated carbocycles. The summed E-state index contributed by atoms with van der Waals surface area (Å²) in [5.74, 6) is 0.873. The average molecular weight is 137 g/mol. The Kier molecular flexibility index (Phi) is 4.16. The first-order valence-corrected chi connectivity index (χ1v) is 2.82. The van der Waals surface area contributed by atoms with Gasteiger partial charge in [0.25, 0.3) is 0 Å². The molecule has 0 aromatic heterocycles. The number of benzene rings is 1. The molecule has 0 saturated heterocycles. The van der Waals surface area contributed by atoms with E-state index in [0.717, 1.165) is 5.75 Å². The highest BCUT2D eigenvalue weighted by atomic mass is 31.0. The molecule has 0 bridgehead atoms. The van der Waals surface area contributed by atoms with E-state index >= 15 is 0 Å². The van der Waals surface area contributed by atoms with Crippen molar-refractivity contribution in [2.45, 2.75) is 0 Å². The van der Waals surface area contributed by atoms with Gasteiger partial charge in [-0.2, -0.15) is 0 Å². The number of hydrogen-bond acceptors (Lipinski definition) is 1. The lowest BCUT2D eigenvalue weighted by Crippen LogP contribution is -1.68. The second-order valence-corrected chi connectivity index (χ2v) is 1.67. The molecule has 1 atom stereocenters. The molecule has 0 heterocycles. The maximum Gasteiger partial charge on any atom is 0.122 e. The lowest BCUT2D eigenvalue weighted by atomic mass is 10.3. The molecule has 0 aliphatic heterocycles. The summed E-state index contributed by atoms with van der Waals surface area (Å²) >= 11 is 0. The van der Waals surface area contributed by atoms with Gasteiger partial charge in [-0.15, -0.1) is 0 Å². The summed E-state index contributed by atoms with van der Waals surface area (Å²) in [6, 6.07) is 9.60. The van der Waals surface area contributed by atoms with Crippen LogP contribution >= 0.6 is 9.47 Å². The molecule has 0 aliphatic rings. The van der Waals surface area contributed by atoms with Gasteiger partial charge in [0.15, 0.2) is 0 Å². The molecule has 0 fully saturated rings. The predicted molar refractivity (Wildman–Crippen MR) is 42.5 cm³/mol. The Labute approximate surface area is 59.3 Å². The van der Waals surface area contributed by atoms with Crippen molar-refractivity contribution in [2.75, 3.05) is 0 Å². The minimum Gasteiger partial charge on any atom is -0.480 e. The molecule has 1 rings (SSSR count). The summed E-state index contributed by atoms with van der Waals surface area (Å²) in [4.78, 5) is 0. The first kappa shape index (κ1) is 8.51. The molecule has 3 radical (unpaired) electrons. The minimum absolute atomic E-state index is 0. The van der Waals surface area contributed by atoms with Gasteiger partial charge in [-0.05, 0) is 12.1 Å². The highest BCUT2D eigenvalue weighted by molar-refractivity contribution is 7.10. The van der Waals surface area contributed by atoms with Crippen LogP contribution in [-0.4, -0.2) is 8.41 Å². The predicted octanol–water partition coefficient (Wildman–Crippen LogP) is 1.47. The first-order valence-electron chi connectivity index (χ1n) is 2.35. The van der Waals surface area contributed by atoms with Crippen molar-refractivity contribution in [1.29, 1.82) is 0 Å². The van der Waals surface area contributed by atoms with Crippen LogP contribution in [0.4, 0.5) is 0 Å². The van der Waals surface area contributed by atoms with E-state index in [2.05, 4.69) is 9.47 Å². The number of para-hydroxylation sites is 1. The SMILES string of the molecule is POc1ccccc1.[B]. The maximum absolute atomic E-state index is 4.83. The van der Waals surface area contributed by atoms with Gasteiger partial charge in [-0.1, -0.05) is 18.2 Å². The molecule has 3 heteroatoms. The molecule has 0 aliphatic carbocycles. The van der Waals surface area contributed by atoms with Crippen LogP contribution in [-0.2, 0) is 0 Å². The summed E-state index contributed by atoms with van der Waals surface area (Å²) in [6.45, 7) is 0. The van der Waals surface area contributed by atoms with E-state index in [0.29, 0.717) is 0 Å². The summed E-state index contributed by atoms with van der Waals surface area (Å²) < 4.78 is 4.83. The van der Waals surface area contributed by atoms with Crippen molar-refractivity contribution in [2.24, 2.45) is 0 Å². The largest absolute Gasteiger partial charge is 0.480 e. The molecule has 9 heavy (non-hydrogen) atoms. The van der Waals surface area contributed by atoms with Crippen molar-refractivity contribution in [3.63, 3.8) is 0 Å². The number of rotatable bonds is 1. The Morgan fingerprint density at radius 2 is 1.67 bits per heavy atom. The minimum atomic E-state index is 0. The average Bonchev–Trinajstić information content (AvgIpc) is 1.90. The fraction of sp³-hybridized carbons (Fsp3) is 0. The summed E-state index contributed by atoms with van der Waals surface area (Å²) in [5.41, 5.74) is 0. The van der Waals surface area contributed by atoms with Gasteiger partial charge in [0, 0.05) is 8.41 Å². The molecule has 1 aromatic rings. The Hall–Kier alpha value is -0.485. The van der Waals surface area contributed by atoms with E-state index in [1.54, 1.807) is 0 Å². The molecule has 1 nitrogen and oxygen atoms in total. The smallest absolute Gasteiger partial charge is 0.122 e. The van der Waals surface area contributed by atoms with Crippen LogP contribution < -0.4 is 4.52 Å². The summed E-state index contributed by atoms with van der Waals surface area (Å²) in [6.07, 6.45) is 0. The van der Waals surface area contributed by atoms with Gasteiger partial charge in [0.05, 0.1) is 9.47 Å². The van der Waals surface area contributed by atoms with E-state index in [1.165, 1.54) is 0 Å². The van der Waals surface area contributed by atoms with Gasteiger partial charge in [-0.25, -0.2) is 0 Å². The fourth-order valence-corrected chi connectivity index (χ4v) is 0.656. The highest BCUT2D eigenvalue weighted by Crippen LogP contribution is 2.09. The second-order valence-electron chi connectivity index (χ2n) is 1.43. The Morgan fingerprint density at radius 3 is 2.00 bits per heavy atom. The van der Waals surface area contributed by atoms with Crippen LogP contribution in [0, 0.1) is 0 Å². The van der Waals surface area contributed by atoms with Crippen LogP contribution in [0.2, 0.25) is 0 Å². The summed E-state index contributed by atoms with van der Waals surface area (Å²) in [7, 11) is 2.19. The van der Waals surface area contributed by atoms with Gasteiger partial charge in [0.2, 0.25) is 0 Å². The third kappa shape index (κ3) is 2.52. The van der Waals surface area contributed by atoms with Crippen molar-refractivity contribution in [3.05, 3.63) is 30.3 Å². The molecule has 45 valence electrons. The third-order valence-electron chi connectivity index (χ3n) is 0.879. The van der Waals surface area contributed by atoms with Crippen molar-refractivity contribution >= 4 is 17.9 Å². The molecule has 1 aromatic carbocycles. The quantitative estimate of drug-likeness (QED) is 0.420. The van der Waals surface area contributed by atoms with Crippen molar-refractivity contribution in [3.8, 4) is 5.75 Å². The van der Waals surface area contributed by atoms with E-state index in [-0.39, 0.29) is 8.41 Å². The molecule has 1 unspecified atom stereocenters. The zero-order chi connectivity index (χ0) is 5.82. The van der Waals surface area contributed by atoms with Crippen LogP contribution in [0.3, 0.4) is 0 Å². The van der Waals surface area contributed by atoms with Crippen molar-refractivity contribution < 1.29 is 4.52 Å². The first-order chi connectivity index (χ1) is 3.93. The zero-order valence-corrected chi connectivity index (χ0v) is 6.10. The topological polar surface area (TPSA) is 9.23 Å². The molecule has 0 amide bonds. The molecular weight excluding hydrogens is 130 g/mol. The lowest BCUT2D eigenvalue weighted by molar-refractivity contribution is 0.646. The van der Waals surface area contributed by atoms with E-state index in [1.807, 2.05) is 30.3 Å². The van der Waals surface area contributed by atoms with Crippen LogP contribution in [0.5, 0.6) is 5.75 Å². The lowest BCUT2D eigenvalue weighted by Gasteiger charge is -1.93. The van der Waals surface area contributed by atoms with Crippen LogP contribution in [0.1, 0.15) is 0 Å². The van der Waals surface area contributed by atoms with E-state index in [4.69, 9.17) is 4.52 Å². The Balaban J connectivity index is 0.000000640. The van der Waals surface area contributed by atoms with Crippen molar-refractivity contribution in [1.82, 2.24) is 0 Å². The van der Waals surface area contributed by atoms with E-state index < -0.39 is 0 Å². The highest BCUT2D eigenvalue weighted by Gasteiger charge is 1.80. The molecule has 0 spiro atoms. The standard InChI is InChI=1S/C6H7OP.B/c8-7-6-4-2-1-3-5-6;/h1-5H,8H2;. The zero-order valence-electron chi connectivity index (χ0n) is 4.95. The van der Waals surface area contributed by atoms with Gasteiger partial charge >= 0.3 is 0 Å². The Morgan fingerprint density at radius 1 is 1.11 bits per heavy atom. The van der Waals surface area contributed by atoms with Crippen LogP contribution in [0.25, 0.3) is 0 Å². The monoisotopic (exact) mass is 137 g/mol. The maximum atomic E-state index is 4.83. The van der Waals surface area contributed by atoms with Crippen LogP contribution in [0.15, 0.2) is 30.3 Å². The molecule has 0 N–H and O–H groups in total. The normalized spacial score (nSPS) is 7.67. The number of hydrogen-bond donors (Lipinski definition) is 0.